The van der Waals surface area contributed by atoms with Gasteiger partial charge >= 0.3 is 11.9 Å². The zero-order valence-corrected chi connectivity index (χ0v) is 19.9. The molecule has 0 atom stereocenters. The highest BCUT2D eigenvalue weighted by Gasteiger charge is 2.19. The van der Waals surface area contributed by atoms with Gasteiger partial charge in [-0.2, -0.15) is 0 Å². The average molecular weight is 518 g/mol. The molecule has 10 nitrogen and oxygen atoms in total. The van der Waals surface area contributed by atoms with Crippen LogP contribution in [0.4, 0.5) is 0 Å². The Morgan fingerprint density at radius 2 is 0.947 bits per heavy atom. The van der Waals surface area contributed by atoms with Gasteiger partial charge in [0.1, 0.15) is 24.7 Å². The van der Waals surface area contributed by atoms with E-state index in [1.54, 1.807) is 30.3 Å². The van der Waals surface area contributed by atoms with Crippen LogP contribution in [0.25, 0.3) is 0 Å². The van der Waals surface area contributed by atoms with Crippen LogP contribution in [0.15, 0.2) is 72.8 Å². The predicted molar refractivity (Wildman–Crippen MR) is 131 cm³/mol. The van der Waals surface area contributed by atoms with Crippen molar-refractivity contribution in [1.82, 2.24) is 0 Å². The van der Waals surface area contributed by atoms with Crippen LogP contribution in [0.3, 0.4) is 0 Å². The minimum absolute atomic E-state index is 0.154. The van der Waals surface area contributed by atoms with Gasteiger partial charge in [0.25, 0.3) is 0 Å². The molecule has 0 spiro atoms. The van der Waals surface area contributed by atoms with Crippen LogP contribution in [-0.4, -0.2) is 45.3 Å². The van der Waals surface area contributed by atoms with E-state index in [4.69, 9.17) is 19.7 Å². The van der Waals surface area contributed by atoms with Crippen LogP contribution in [-0.2, 0) is 32.4 Å². The maximum atomic E-state index is 12.1. The largest absolute Gasteiger partial charge is 0.489 e. The van der Waals surface area contributed by atoms with Crippen LogP contribution in [0.5, 0.6) is 11.5 Å². The number of aliphatic carboxylic acids is 2. The molecule has 0 saturated carbocycles. The molecule has 0 aliphatic heterocycles. The van der Waals surface area contributed by atoms with Crippen LogP contribution >= 0.6 is 0 Å². The molecule has 10 heteroatoms. The van der Waals surface area contributed by atoms with Crippen LogP contribution in [0, 0.1) is 0 Å². The number of hydrogen-bond donors (Lipinski definition) is 2. The molecule has 3 rings (SSSR count). The van der Waals surface area contributed by atoms with Crippen molar-refractivity contribution in [2.45, 2.75) is 26.1 Å². The third kappa shape index (κ3) is 7.95. The summed E-state index contributed by atoms with van der Waals surface area (Å²) < 4.78 is 11.5. The minimum atomic E-state index is -1.66. The van der Waals surface area contributed by atoms with Gasteiger partial charge in [-0.15, -0.1) is 0 Å². The third-order valence-electron chi connectivity index (χ3n) is 5.23. The van der Waals surface area contributed by atoms with Crippen molar-refractivity contribution >= 4 is 35.1 Å². The van der Waals surface area contributed by atoms with E-state index in [0.717, 1.165) is 11.1 Å². The number of benzene rings is 3. The summed E-state index contributed by atoms with van der Waals surface area (Å²) in [4.78, 5) is 68.2. The van der Waals surface area contributed by atoms with Crippen molar-refractivity contribution < 1.29 is 48.5 Å². The lowest BCUT2D eigenvalue weighted by Gasteiger charge is -2.11. The first kappa shape index (κ1) is 27.5. The number of ether oxygens (including phenoxy) is 2. The zero-order valence-electron chi connectivity index (χ0n) is 19.9. The van der Waals surface area contributed by atoms with E-state index in [1.165, 1.54) is 24.3 Å². The predicted octanol–water partition coefficient (Wildman–Crippen LogP) is 3.30. The number of carboxylic acids is 2. The molecule has 0 radical (unpaired) electrons. The molecule has 0 aromatic heterocycles. The lowest BCUT2D eigenvalue weighted by molar-refractivity contribution is -0.148. The Morgan fingerprint density at radius 1 is 0.553 bits per heavy atom. The fourth-order valence-corrected chi connectivity index (χ4v) is 3.31. The SMILES string of the molecule is O=C(O)C(=O)CC(=O)c1cccc(OCc2cccc(COc3cccc(C(=O)CC(=O)C(=O)O)c3)c2)c1. The second kappa shape index (κ2) is 12.7. The van der Waals surface area contributed by atoms with Crippen molar-refractivity contribution in [2.24, 2.45) is 0 Å². The van der Waals surface area contributed by atoms with Gasteiger partial charge in [0.2, 0.25) is 11.6 Å². The minimum Gasteiger partial charge on any atom is -0.489 e. The topological polar surface area (TPSA) is 161 Å². The van der Waals surface area contributed by atoms with Crippen molar-refractivity contribution in [3.05, 3.63) is 95.1 Å². The number of carboxylic acid groups (broad SMARTS) is 2. The first-order valence-electron chi connectivity index (χ1n) is 11.2. The van der Waals surface area contributed by atoms with Crippen molar-refractivity contribution in [1.29, 1.82) is 0 Å². The number of carbonyl (C=O) groups excluding carboxylic acids is 4. The highest BCUT2D eigenvalue weighted by atomic mass is 16.5. The maximum Gasteiger partial charge on any atom is 0.372 e. The summed E-state index contributed by atoms with van der Waals surface area (Å²) >= 11 is 0. The Hall–Kier alpha value is -5.12. The Kier molecular flexibility index (Phi) is 9.20. The van der Waals surface area contributed by atoms with E-state index in [-0.39, 0.29) is 24.3 Å². The number of ketones is 4. The summed E-state index contributed by atoms with van der Waals surface area (Å²) in [6, 6.07) is 19.5. The summed E-state index contributed by atoms with van der Waals surface area (Å²) in [5.74, 6) is -6.22. The van der Waals surface area contributed by atoms with E-state index < -0.39 is 47.9 Å². The Balaban J connectivity index is 1.58. The zero-order chi connectivity index (χ0) is 27.7. The normalized spacial score (nSPS) is 10.3. The second-order valence-corrected chi connectivity index (χ2v) is 8.11. The molecule has 0 saturated heterocycles. The fraction of sp³-hybridized carbons (Fsp3) is 0.143. The molecule has 38 heavy (non-hydrogen) atoms. The molecular formula is C28H22O10. The summed E-state index contributed by atoms with van der Waals surface area (Å²) in [6.45, 7) is 0.308. The molecule has 0 aliphatic rings. The molecule has 3 aromatic rings. The number of Topliss-reactive ketones (excluding diaryl/α,β-unsaturated/α-hetero) is 4. The van der Waals surface area contributed by atoms with Gasteiger partial charge in [-0.1, -0.05) is 42.5 Å². The van der Waals surface area contributed by atoms with E-state index in [2.05, 4.69) is 0 Å². The van der Waals surface area contributed by atoms with Crippen LogP contribution in [0.1, 0.15) is 44.7 Å². The summed E-state index contributed by atoms with van der Waals surface area (Å²) in [6.07, 6.45) is -1.48. The van der Waals surface area contributed by atoms with E-state index >= 15 is 0 Å². The van der Waals surface area contributed by atoms with Crippen molar-refractivity contribution in [2.75, 3.05) is 0 Å². The lowest BCUT2D eigenvalue weighted by Crippen LogP contribution is -2.17. The number of rotatable bonds is 14. The molecule has 0 bridgehead atoms. The Labute approximate surface area is 216 Å². The van der Waals surface area contributed by atoms with E-state index in [0.29, 0.717) is 11.5 Å². The first-order valence-corrected chi connectivity index (χ1v) is 11.2. The average Bonchev–Trinajstić information content (AvgIpc) is 2.91. The lowest BCUT2D eigenvalue weighted by atomic mass is 10.1. The quantitative estimate of drug-likeness (QED) is 0.184. The maximum absolute atomic E-state index is 12.1. The van der Waals surface area contributed by atoms with Crippen molar-refractivity contribution in [3.8, 4) is 11.5 Å². The van der Waals surface area contributed by atoms with Gasteiger partial charge in [-0.3, -0.25) is 19.2 Å². The fourth-order valence-electron chi connectivity index (χ4n) is 3.31. The second-order valence-electron chi connectivity index (χ2n) is 8.11. The van der Waals surface area contributed by atoms with Gasteiger partial charge in [0.15, 0.2) is 11.6 Å². The molecule has 2 N–H and O–H groups in total. The highest BCUT2D eigenvalue weighted by molar-refractivity contribution is 6.37. The molecule has 0 aliphatic carbocycles. The standard InChI is InChI=1S/C28H22O10/c29-23(13-25(31)27(33)34)19-6-2-8-21(11-19)37-15-17-4-1-5-18(10-17)16-38-22-9-3-7-20(12-22)24(30)14-26(32)28(35)36/h1-12H,13-16H2,(H,33,34)(H,35,36). The number of hydrogen-bond acceptors (Lipinski definition) is 8. The summed E-state index contributed by atoms with van der Waals surface area (Å²) in [5, 5.41) is 17.3. The Morgan fingerprint density at radius 3 is 1.34 bits per heavy atom. The van der Waals surface area contributed by atoms with Gasteiger partial charge in [0.05, 0.1) is 12.8 Å². The van der Waals surface area contributed by atoms with Gasteiger partial charge in [-0.05, 0) is 41.5 Å². The molecular weight excluding hydrogens is 496 g/mol. The summed E-state index contributed by atoms with van der Waals surface area (Å²) in [7, 11) is 0. The molecule has 0 fully saturated rings. The first-order chi connectivity index (χ1) is 18.1. The highest BCUT2D eigenvalue weighted by Crippen LogP contribution is 2.19. The molecule has 3 aromatic carbocycles. The molecule has 0 unspecified atom stereocenters. The van der Waals surface area contributed by atoms with Gasteiger partial charge in [0, 0.05) is 11.1 Å². The monoisotopic (exact) mass is 518 g/mol. The number of carbonyl (C=O) groups is 6. The molecule has 194 valence electrons. The van der Waals surface area contributed by atoms with Gasteiger partial charge in [-0.25, -0.2) is 9.59 Å². The van der Waals surface area contributed by atoms with E-state index in [9.17, 15) is 28.8 Å². The van der Waals surface area contributed by atoms with Gasteiger partial charge < -0.3 is 19.7 Å². The smallest absolute Gasteiger partial charge is 0.372 e. The Bertz CT molecular complexity index is 1300. The molecule has 0 heterocycles. The molecule has 0 amide bonds. The van der Waals surface area contributed by atoms with Crippen LogP contribution in [0.2, 0.25) is 0 Å². The summed E-state index contributed by atoms with van der Waals surface area (Å²) in [5.41, 5.74) is 1.90. The third-order valence-corrected chi connectivity index (χ3v) is 5.23. The van der Waals surface area contributed by atoms with Crippen molar-refractivity contribution in [3.63, 3.8) is 0 Å². The van der Waals surface area contributed by atoms with Crippen LogP contribution < -0.4 is 9.47 Å². The van der Waals surface area contributed by atoms with E-state index in [1.807, 2.05) is 18.2 Å².